The van der Waals surface area contributed by atoms with Crippen LogP contribution in [0.4, 0.5) is 5.69 Å². The highest BCUT2D eigenvalue weighted by Crippen LogP contribution is 2.07. The standard InChI is InChI=1S/C11H16N2O/c1-8(13-9(2)14)7-10-3-5-11(12)6-4-10/h3-6,8H,7,12H2,1-2H3,(H,13,14). The molecule has 0 heterocycles. The van der Waals surface area contributed by atoms with Gasteiger partial charge in [-0.3, -0.25) is 4.79 Å². The number of nitrogens with two attached hydrogens (primary N) is 1. The van der Waals surface area contributed by atoms with Gasteiger partial charge in [-0.15, -0.1) is 0 Å². The summed E-state index contributed by atoms with van der Waals surface area (Å²) in [5.74, 6) is 0.00736. The van der Waals surface area contributed by atoms with Crippen molar-refractivity contribution in [2.45, 2.75) is 26.3 Å². The van der Waals surface area contributed by atoms with E-state index in [1.807, 2.05) is 31.2 Å². The van der Waals surface area contributed by atoms with Crippen molar-refractivity contribution >= 4 is 11.6 Å². The van der Waals surface area contributed by atoms with Crippen LogP contribution in [0.25, 0.3) is 0 Å². The Morgan fingerprint density at radius 1 is 1.43 bits per heavy atom. The van der Waals surface area contributed by atoms with Crippen LogP contribution in [0.5, 0.6) is 0 Å². The van der Waals surface area contributed by atoms with Crippen molar-refractivity contribution in [1.82, 2.24) is 5.32 Å². The number of hydrogen-bond donors (Lipinski definition) is 2. The normalized spacial score (nSPS) is 12.1. The molecule has 1 aromatic carbocycles. The van der Waals surface area contributed by atoms with Crippen molar-refractivity contribution < 1.29 is 4.79 Å². The Morgan fingerprint density at radius 2 is 2.00 bits per heavy atom. The molecule has 0 aliphatic rings. The van der Waals surface area contributed by atoms with Crippen molar-refractivity contribution in [2.75, 3.05) is 5.73 Å². The lowest BCUT2D eigenvalue weighted by Gasteiger charge is -2.12. The summed E-state index contributed by atoms with van der Waals surface area (Å²) in [5.41, 5.74) is 7.51. The quantitative estimate of drug-likeness (QED) is 0.710. The minimum absolute atomic E-state index is 0.00736. The second-order valence-electron chi connectivity index (χ2n) is 3.55. The first-order valence-corrected chi connectivity index (χ1v) is 4.69. The topological polar surface area (TPSA) is 55.1 Å². The van der Waals surface area contributed by atoms with Crippen molar-refractivity contribution in [3.8, 4) is 0 Å². The van der Waals surface area contributed by atoms with E-state index >= 15 is 0 Å². The lowest BCUT2D eigenvalue weighted by molar-refractivity contribution is -0.119. The fourth-order valence-electron chi connectivity index (χ4n) is 1.41. The predicted octanol–water partition coefficient (Wildman–Crippen LogP) is 1.34. The number of benzene rings is 1. The second-order valence-corrected chi connectivity index (χ2v) is 3.55. The third-order valence-corrected chi connectivity index (χ3v) is 1.97. The molecule has 0 aliphatic carbocycles. The summed E-state index contributed by atoms with van der Waals surface area (Å²) < 4.78 is 0. The zero-order valence-corrected chi connectivity index (χ0v) is 8.58. The lowest BCUT2D eigenvalue weighted by atomic mass is 10.1. The van der Waals surface area contributed by atoms with Gasteiger partial charge in [0, 0.05) is 18.7 Å². The summed E-state index contributed by atoms with van der Waals surface area (Å²) in [6.07, 6.45) is 0.833. The van der Waals surface area contributed by atoms with Crippen LogP contribution >= 0.6 is 0 Å². The van der Waals surface area contributed by atoms with E-state index < -0.39 is 0 Å². The summed E-state index contributed by atoms with van der Waals surface area (Å²) in [7, 11) is 0. The Bertz CT molecular complexity index is 306. The molecule has 0 saturated heterocycles. The maximum Gasteiger partial charge on any atom is 0.217 e. The molecule has 0 spiro atoms. The van der Waals surface area contributed by atoms with E-state index in [1.165, 1.54) is 12.5 Å². The zero-order chi connectivity index (χ0) is 10.6. The van der Waals surface area contributed by atoms with Gasteiger partial charge in [-0.25, -0.2) is 0 Å². The van der Waals surface area contributed by atoms with Crippen LogP contribution in [0.15, 0.2) is 24.3 Å². The number of nitrogen functional groups attached to an aromatic ring is 1. The van der Waals surface area contributed by atoms with Gasteiger partial charge in [-0.1, -0.05) is 12.1 Å². The Labute approximate surface area is 84.3 Å². The molecule has 3 nitrogen and oxygen atoms in total. The van der Waals surface area contributed by atoms with E-state index in [0.717, 1.165) is 12.1 Å². The van der Waals surface area contributed by atoms with E-state index in [-0.39, 0.29) is 11.9 Å². The first-order valence-electron chi connectivity index (χ1n) is 4.69. The van der Waals surface area contributed by atoms with E-state index in [2.05, 4.69) is 5.32 Å². The molecule has 0 saturated carbocycles. The minimum Gasteiger partial charge on any atom is -0.399 e. The first-order chi connectivity index (χ1) is 6.58. The first kappa shape index (κ1) is 10.6. The number of hydrogen-bond acceptors (Lipinski definition) is 2. The SMILES string of the molecule is CC(=O)NC(C)Cc1ccc(N)cc1. The molecule has 0 bridgehead atoms. The molecule has 14 heavy (non-hydrogen) atoms. The third kappa shape index (κ3) is 3.47. The van der Waals surface area contributed by atoms with Crippen LogP contribution in [0.3, 0.4) is 0 Å². The molecule has 76 valence electrons. The molecule has 1 rings (SSSR count). The van der Waals surface area contributed by atoms with Gasteiger partial charge >= 0.3 is 0 Å². The van der Waals surface area contributed by atoms with Gasteiger partial charge in [0.2, 0.25) is 5.91 Å². The predicted molar refractivity (Wildman–Crippen MR) is 57.8 cm³/mol. The maximum absolute atomic E-state index is 10.8. The highest BCUT2D eigenvalue weighted by atomic mass is 16.1. The van der Waals surface area contributed by atoms with Crippen molar-refractivity contribution in [3.63, 3.8) is 0 Å². The van der Waals surface area contributed by atoms with E-state index in [4.69, 9.17) is 5.73 Å². The van der Waals surface area contributed by atoms with E-state index in [1.54, 1.807) is 0 Å². The van der Waals surface area contributed by atoms with Crippen LogP contribution in [0.2, 0.25) is 0 Å². The fourth-order valence-corrected chi connectivity index (χ4v) is 1.41. The Hall–Kier alpha value is -1.51. The van der Waals surface area contributed by atoms with E-state index in [9.17, 15) is 4.79 Å². The van der Waals surface area contributed by atoms with Gasteiger partial charge in [0.15, 0.2) is 0 Å². The molecular formula is C11H16N2O. The largest absolute Gasteiger partial charge is 0.399 e. The highest BCUT2D eigenvalue weighted by Gasteiger charge is 2.03. The summed E-state index contributed by atoms with van der Waals surface area (Å²) in [4.78, 5) is 10.8. The third-order valence-electron chi connectivity index (χ3n) is 1.97. The second kappa shape index (κ2) is 4.65. The molecule has 0 aromatic heterocycles. The summed E-state index contributed by atoms with van der Waals surface area (Å²) in [5, 5.41) is 2.84. The monoisotopic (exact) mass is 192 g/mol. The molecule has 3 heteroatoms. The average molecular weight is 192 g/mol. The van der Waals surface area contributed by atoms with Gasteiger partial charge in [-0.2, -0.15) is 0 Å². The Balaban J connectivity index is 2.51. The maximum atomic E-state index is 10.8. The van der Waals surface area contributed by atoms with Crippen molar-refractivity contribution in [3.05, 3.63) is 29.8 Å². The Kier molecular flexibility index (Phi) is 3.51. The molecule has 1 unspecified atom stereocenters. The van der Waals surface area contributed by atoms with Crippen LogP contribution in [-0.4, -0.2) is 11.9 Å². The van der Waals surface area contributed by atoms with E-state index in [0.29, 0.717) is 0 Å². The minimum atomic E-state index is 0.00736. The molecule has 0 radical (unpaired) electrons. The fraction of sp³-hybridized carbons (Fsp3) is 0.364. The van der Waals surface area contributed by atoms with Crippen LogP contribution in [0, 0.1) is 0 Å². The summed E-state index contributed by atoms with van der Waals surface area (Å²) >= 11 is 0. The number of rotatable bonds is 3. The van der Waals surface area contributed by atoms with Gasteiger partial charge in [-0.05, 0) is 31.0 Å². The number of carbonyl (C=O) groups is 1. The smallest absolute Gasteiger partial charge is 0.217 e. The van der Waals surface area contributed by atoms with Crippen LogP contribution in [0.1, 0.15) is 19.4 Å². The molecular weight excluding hydrogens is 176 g/mol. The van der Waals surface area contributed by atoms with Gasteiger partial charge in [0.05, 0.1) is 0 Å². The van der Waals surface area contributed by atoms with Crippen molar-refractivity contribution in [2.24, 2.45) is 0 Å². The highest BCUT2D eigenvalue weighted by molar-refractivity contribution is 5.73. The number of amides is 1. The molecule has 1 aromatic rings. The number of nitrogens with one attached hydrogen (secondary N) is 1. The van der Waals surface area contributed by atoms with Crippen LogP contribution in [-0.2, 0) is 11.2 Å². The average Bonchev–Trinajstić information content (AvgIpc) is 2.07. The summed E-state index contributed by atoms with van der Waals surface area (Å²) in [6, 6.07) is 7.86. The Morgan fingerprint density at radius 3 is 2.50 bits per heavy atom. The lowest BCUT2D eigenvalue weighted by Crippen LogP contribution is -2.31. The van der Waals surface area contributed by atoms with Crippen molar-refractivity contribution in [1.29, 1.82) is 0 Å². The molecule has 1 amide bonds. The van der Waals surface area contributed by atoms with Crippen LogP contribution < -0.4 is 11.1 Å². The van der Waals surface area contributed by atoms with Gasteiger partial charge in [0.1, 0.15) is 0 Å². The molecule has 0 fully saturated rings. The molecule has 0 aliphatic heterocycles. The number of carbonyl (C=O) groups excluding carboxylic acids is 1. The van der Waals surface area contributed by atoms with Gasteiger partial charge in [0.25, 0.3) is 0 Å². The molecule has 1 atom stereocenters. The zero-order valence-electron chi connectivity index (χ0n) is 8.58. The number of anilines is 1. The summed E-state index contributed by atoms with van der Waals surface area (Å²) in [6.45, 7) is 3.51. The van der Waals surface area contributed by atoms with Gasteiger partial charge < -0.3 is 11.1 Å². The molecule has 3 N–H and O–H groups in total.